The molecule has 0 amide bonds. The Balaban J connectivity index is 2.43. The second kappa shape index (κ2) is 7.67. The SMILES string of the molecule is Cc1ccc(C(O)=C(c2c(C)cc(C)cc2C)c2c(C)cc(C)cc2C)cc1. The Bertz CT molecular complexity index is 960. The lowest BCUT2D eigenvalue weighted by Crippen LogP contribution is -2.04. The molecule has 0 aliphatic carbocycles. The molecule has 0 aromatic heterocycles. The van der Waals surface area contributed by atoms with Gasteiger partial charge in [0.25, 0.3) is 0 Å². The van der Waals surface area contributed by atoms with Crippen LogP contribution < -0.4 is 0 Å². The van der Waals surface area contributed by atoms with E-state index in [9.17, 15) is 5.11 Å². The molecule has 3 aromatic carbocycles. The fourth-order valence-corrected chi connectivity index (χ4v) is 4.37. The molecule has 0 atom stereocenters. The molecule has 0 fully saturated rings. The number of aliphatic hydroxyl groups excluding tert-OH is 1. The summed E-state index contributed by atoms with van der Waals surface area (Å²) in [7, 11) is 0. The van der Waals surface area contributed by atoms with Gasteiger partial charge in [0.05, 0.1) is 0 Å². The minimum absolute atomic E-state index is 0.338. The first kappa shape index (κ1) is 19.9. The van der Waals surface area contributed by atoms with Crippen molar-refractivity contribution in [1.82, 2.24) is 0 Å². The highest BCUT2D eigenvalue weighted by Crippen LogP contribution is 2.38. The van der Waals surface area contributed by atoms with E-state index in [4.69, 9.17) is 0 Å². The van der Waals surface area contributed by atoms with E-state index in [-0.39, 0.29) is 0 Å². The number of benzene rings is 3. The molecule has 0 unspecified atom stereocenters. The second-order valence-electron chi connectivity index (χ2n) is 8.14. The molecule has 3 aromatic rings. The van der Waals surface area contributed by atoms with Crippen LogP contribution in [0.2, 0.25) is 0 Å². The van der Waals surface area contributed by atoms with Gasteiger partial charge in [0.15, 0.2) is 0 Å². The Labute approximate surface area is 169 Å². The molecule has 0 heterocycles. The summed E-state index contributed by atoms with van der Waals surface area (Å²) in [4.78, 5) is 0. The Kier molecular flexibility index (Phi) is 5.47. The van der Waals surface area contributed by atoms with Crippen molar-refractivity contribution in [2.75, 3.05) is 0 Å². The van der Waals surface area contributed by atoms with E-state index in [1.165, 1.54) is 38.9 Å². The average Bonchev–Trinajstić information content (AvgIpc) is 2.58. The summed E-state index contributed by atoms with van der Waals surface area (Å²) in [5, 5.41) is 11.5. The lowest BCUT2D eigenvalue weighted by Gasteiger charge is -2.21. The molecule has 0 saturated heterocycles. The Morgan fingerprint density at radius 2 is 0.893 bits per heavy atom. The van der Waals surface area contributed by atoms with Crippen LogP contribution in [0.15, 0.2) is 48.5 Å². The van der Waals surface area contributed by atoms with Crippen molar-refractivity contribution in [1.29, 1.82) is 0 Å². The maximum Gasteiger partial charge on any atom is 0.131 e. The zero-order valence-electron chi connectivity index (χ0n) is 18.1. The normalized spacial score (nSPS) is 10.8. The third kappa shape index (κ3) is 3.75. The van der Waals surface area contributed by atoms with E-state index in [0.29, 0.717) is 5.76 Å². The summed E-state index contributed by atoms with van der Waals surface area (Å²) in [6.07, 6.45) is 0. The molecule has 0 saturated carbocycles. The molecule has 1 nitrogen and oxygen atoms in total. The minimum Gasteiger partial charge on any atom is -0.507 e. The van der Waals surface area contributed by atoms with Gasteiger partial charge in [-0.25, -0.2) is 0 Å². The predicted octanol–water partition coefficient (Wildman–Crippen LogP) is 7.32. The summed E-state index contributed by atoms with van der Waals surface area (Å²) in [5.74, 6) is 0.338. The first-order valence-corrected chi connectivity index (χ1v) is 9.85. The van der Waals surface area contributed by atoms with Crippen LogP contribution in [0.1, 0.15) is 55.6 Å². The topological polar surface area (TPSA) is 20.2 Å². The standard InChI is InChI=1S/C27H30O/c1-16-8-10-23(11-9-16)27(28)26(24-19(4)12-17(2)13-20(24)5)25-21(6)14-18(3)15-22(25)7/h8-15,28H,1-7H3. The van der Waals surface area contributed by atoms with Gasteiger partial charge in [-0.2, -0.15) is 0 Å². The van der Waals surface area contributed by atoms with Crippen LogP contribution in [0.5, 0.6) is 0 Å². The molecule has 1 heteroatoms. The maximum absolute atomic E-state index is 11.5. The van der Waals surface area contributed by atoms with Crippen LogP contribution in [0, 0.1) is 48.5 Å². The van der Waals surface area contributed by atoms with Crippen LogP contribution in [0.3, 0.4) is 0 Å². The minimum atomic E-state index is 0.338. The van der Waals surface area contributed by atoms with Gasteiger partial charge in [-0.3, -0.25) is 0 Å². The molecule has 0 spiro atoms. The van der Waals surface area contributed by atoms with E-state index >= 15 is 0 Å². The van der Waals surface area contributed by atoms with Crippen molar-refractivity contribution < 1.29 is 5.11 Å². The van der Waals surface area contributed by atoms with E-state index in [0.717, 1.165) is 22.3 Å². The summed E-state index contributed by atoms with van der Waals surface area (Å²) in [5.41, 5.74) is 12.4. The van der Waals surface area contributed by atoms with E-state index < -0.39 is 0 Å². The van der Waals surface area contributed by atoms with Crippen molar-refractivity contribution in [3.05, 3.63) is 104 Å². The van der Waals surface area contributed by atoms with Gasteiger partial charge in [-0.15, -0.1) is 0 Å². The van der Waals surface area contributed by atoms with Crippen molar-refractivity contribution in [3.8, 4) is 0 Å². The van der Waals surface area contributed by atoms with Crippen LogP contribution in [-0.4, -0.2) is 5.11 Å². The molecule has 0 radical (unpaired) electrons. The second-order valence-corrected chi connectivity index (χ2v) is 8.14. The molecule has 3 rings (SSSR count). The van der Waals surface area contributed by atoms with Crippen molar-refractivity contribution in [2.45, 2.75) is 48.5 Å². The fraction of sp³-hybridized carbons (Fsp3) is 0.259. The van der Waals surface area contributed by atoms with Gasteiger partial charge < -0.3 is 5.11 Å². The van der Waals surface area contributed by atoms with Gasteiger partial charge in [0.2, 0.25) is 0 Å². The van der Waals surface area contributed by atoms with Gasteiger partial charge in [-0.05, 0) is 81.8 Å². The fourth-order valence-electron chi connectivity index (χ4n) is 4.37. The zero-order chi connectivity index (χ0) is 20.6. The monoisotopic (exact) mass is 370 g/mol. The number of hydrogen-bond donors (Lipinski definition) is 1. The van der Waals surface area contributed by atoms with Crippen LogP contribution >= 0.6 is 0 Å². The van der Waals surface area contributed by atoms with E-state index in [1.54, 1.807) is 0 Å². The largest absolute Gasteiger partial charge is 0.507 e. The molecular weight excluding hydrogens is 340 g/mol. The van der Waals surface area contributed by atoms with Crippen molar-refractivity contribution in [3.63, 3.8) is 0 Å². The summed E-state index contributed by atoms with van der Waals surface area (Å²) in [6, 6.07) is 16.9. The average molecular weight is 371 g/mol. The Morgan fingerprint density at radius 1 is 0.536 bits per heavy atom. The number of aryl methyl sites for hydroxylation is 7. The highest BCUT2D eigenvalue weighted by Gasteiger charge is 2.21. The highest BCUT2D eigenvalue weighted by atomic mass is 16.3. The van der Waals surface area contributed by atoms with Crippen molar-refractivity contribution >= 4 is 11.3 Å². The lowest BCUT2D eigenvalue weighted by atomic mass is 9.83. The van der Waals surface area contributed by atoms with Crippen LogP contribution in [-0.2, 0) is 0 Å². The molecule has 0 bridgehead atoms. The molecule has 0 aliphatic rings. The summed E-state index contributed by atoms with van der Waals surface area (Å²) < 4.78 is 0. The predicted molar refractivity (Wildman–Crippen MR) is 121 cm³/mol. The number of hydrogen-bond acceptors (Lipinski definition) is 1. The molecule has 0 aliphatic heterocycles. The van der Waals surface area contributed by atoms with E-state index in [1.807, 2.05) is 24.3 Å². The maximum atomic E-state index is 11.5. The number of aliphatic hydroxyl groups is 1. The molecule has 1 N–H and O–H groups in total. The molecular formula is C27H30O. The third-order valence-corrected chi connectivity index (χ3v) is 5.42. The lowest BCUT2D eigenvalue weighted by molar-refractivity contribution is 0.513. The van der Waals surface area contributed by atoms with Crippen molar-refractivity contribution in [2.24, 2.45) is 0 Å². The van der Waals surface area contributed by atoms with Crippen LogP contribution in [0.4, 0.5) is 0 Å². The first-order chi connectivity index (χ1) is 13.2. The third-order valence-electron chi connectivity index (χ3n) is 5.42. The van der Waals surface area contributed by atoms with Gasteiger partial charge in [0.1, 0.15) is 5.76 Å². The Hall–Kier alpha value is -2.80. The van der Waals surface area contributed by atoms with Gasteiger partial charge >= 0.3 is 0 Å². The smallest absolute Gasteiger partial charge is 0.131 e. The van der Waals surface area contributed by atoms with E-state index in [2.05, 4.69) is 72.7 Å². The molecule has 144 valence electrons. The summed E-state index contributed by atoms with van der Waals surface area (Å²) in [6.45, 7) is 14.8. The molecule has 28 heavy (non-hydrogen) atoms. The zero-order valence-corrected chi connectivity index (χ0v) is 18.1. The van der Waals surface area contributed by atoms with Gasteiger partial charge in [0, 0.05) is 11.1 Å². The van der Waals surface area contributed by atoms with Gasteiger partial charge in [-0.1, -0.05) is 65.2 Å². The van der Waals surface area contributed by atoms with Crippen LogP contribution in [0.25, 0.3) is 11.3 Å². The number of rotatable bonds is 3. The summed E-state index contributed by atoms with van der Waals surface area (Å²) >= 11 is 0. The highest BCUT2D eigenvalue weighted by molar-refractivity contribution is 5.99. The Morgan fingerprint density at radius 3 is 1.25 bits per heavy atom. The first-order valence-electron chi connectivity index (χ1n) is 9.85. The quantitative estimate of drug-likeness (QED) is 0.378.